The summed E-state index contributed by atoms with van der Waals surface area (Å²) >= 11 is 5.61. The van der Waals surface area contributed by atoms with Crippen LogP contribution in [0.15, 0.2) is 18.2 Å². The van der Waals surface area contributed by atoms with E-state index in [1.807, 2.05) is 0 Å². The lowest BCUT2D eigenvalue weighted by molar-refractivity contribution is -0.121. The van der Waals surface area contributed by atoms with E-state index in [-0.39, 0.29) is 16.3 Å². The minimum atomic E-state index is -4.68. The number of hydrogen-bond acceptors (Lipinski definition) is 3. The highest BCUT2D eigenvalue weighted by Crippen LogP contribution is 2.21. The van der Waals surface area contributed by atoms with E-state index < -0.39 is 22.9 Å². The van der Waals surface area contributed by atoms with Crippen molar-refractivity contribution in [3.05, 3.63) is 28.8 Å². The SMILES string of the molecule is N#Cc1ccc(Cl)cc1NS(=O)(=O)NCC(F)(F)F. The molecule has 0 atom stereocenters. The Morgan fingerprint density at radius 3 is 2.53 bits per heavy atom. The first-order chi connectivity index (χ1) is 8.63. The molecule has 0 heterocycles. The van der Waals surface area contributed by atoms with E-state index in [1.165, 1.54) is 16.9 Å². The molecule has 0 aliphatic heterocycles. The first-order valence-corrected chi connectivity index (χ1v) is 6.53. The topological polar surface area (TPSA) is 82.0 Å². The third kappa shape index (κ3) is 5.34. The Morgan fingerprint density at radius 2 is 2.00 bits per heavy atom. The molecule has 1 aromatic carbocycles. The number of rotatable bonds is 4. The number of halogens is 4. The zero-order chi connectivity index (χ0) is 14.7. The molecule has 0 unspecified atom stereocenters. The van der Waals surface area contributed by atoms with Crippen LogP contribution in [-0.2, 0) is 10.2 Å². The second-order valence-corrected chi connectivity index (χ2v) is 5.28. The lowest BCUT2D eigenvalue weighted by atomic mass is 10.2. The van der Waals surface area contributed by atoms with Gasteiger partial charge in [0.2, 0.25) is 0 Å². The average molecular weight is 314 g/mol. The highest BCUT2D eigenvalue weighted by molar-refractivity contribution is 7.90. The largest absolute Gasteiger partial charge is 0.402 e. The van der Waals surface area contributed by atoms with E-state index in [0.29, 0.717) is 0 Å². The van der Waals surface area contributed by atoms with Gasteiger partial charge in [0, 0.05) is 5.02 Å². The molecule has 0 radical (unpaired) electrons. The summed E-state index contributed by atoms with van der Waals surface area (Å²) in [6.45, 7) is -1.72. The molecule has 1 rings (SSSR count). The van der Waals surface area contributed by atoms with Crippen molar-refractivity contribution in [2.24, 2.45) is 0 Å². The molecule has 0 aliphatic rings. The van der Waals surface area contributed by atoms with E-state index in [4.69, 9.17) is 16.9 Å². The van der Waals surface area contributed by atoms with Gasteiger partial charge in [0.15, 0.2) is 0 Å². The molecule has 0 saturated carbocycles. The second-order valence-electron chi connectivity index (χ2n) is 3.34. The van der Waals surface area contributed by atoms with Gasteiger partial charge >= 0.3 is 6.18 Å². The van der Waals surface area contributed by atoms with E-state index in [1.54, 1.807) is 10.8 Å². The van der Waals surface area contributed by atoms with Crippen LogP contribution in [0.3, 0.4) is 0 Å². The molecule has 0 fully saturated rings. The molecule has 19 heavy (non-hydrogen) atoms. The molecule has 0 aromatic heterocycles. The fraction of sp³-hybridized carbons (Fsp3) is 0.222. The summed E-state index contributed by atoms with van der Waals surface area (Å²) in [5.41, 5.74) is -0.272. The quantitative estimate of drug-likeness (QED) is 0.892. The van der Waals surface area contributed by atoms with Crippen molar-refractivity contribution >= 4 is 27.5 Å². The lowest BCUT2D eigenvalue weighted by Gasteiger charge is -2.12. The number of nitriles is 1. The number of alkyl halides is 3. The first kappa shape index (κ1) is 15.6. The molecule has 0 spiro atoms. The highest BCUT2D eigenvalue weighted by atomic mass is 35.5. The molecule has 1 aromatic rings. The number of benzene rings is 1. The van der Waals surface area contributed by atoms with Crippen LogP contribution >= 0.6 is 11.6 Å². The maximum Gasteiger partial charge on any atom is 0.402 e. The van der Waals surface area contributed by atoms with Gasteiger partial charge < -0.3 is 0 Å². The van der Waals surface area contributed by atoms with E-state index in [2.05, 4.69) is 0 Å². The molecular formula is C9H7ClF3N3O2S. The van der Waals surface area contributed by atoms with Gasteiger partial charge in [-0.15, -0.1) is 0 Å². The predicted molar refractivity (Wildman–Crippen MR) is 62.8 cm³/mol. The van der Waals surface area contributed by atoms with Crippen LogP contribution in [0.1, 0.15) is 5.56 Å². The van der Waals surface area contributed by atoms with Crippen LogP contribution < -0.4 is 9.44 Å². The van der Waals surface area contributed by atoms with Gasteiger partial charge in [0.05, 0.1) is 11.3 Å². The Morgan fingerprint density at radius 1 is 1.37 bits per heavy atom. The van der Waals surface area contributed by atoms with Crippen LogP contribution in [0.5, 0.6) is 0 Å². The fourth-order valence-corrected chi connectivity index (χ4v) is 2.11. The van der Waals surface area contributed by atoms with Crippen LogP contribution in [0.25, 0.3) is 0 Å². The molecule has 0 aliphatic carbocycles. The zero-order valence-corrected chi connectivity index (χ0v) is 10.7. The van der Waals surface area contributed by atoms with Crippen molar-refractivity contribution in [1.82, 2.24) is 4.72 Å². The lowest BCUT2D eigenvalue weighted by Crippen LogP contribution is -2.37. The Labute approximate surface area is 112 Å². The molecule has 104 valence electrons. The second kappa shape index (κ2) is 5.64. The summed E-state index contributed by atoms with van der Waals surface area (Å²) in [6.07, 6.45) is -4.68. The maximum atomic E-state index is 11.9. The Kier molecular flexibility index (Phi) is 4.62. The fourth-order valence-electron chi connectivity index (χ4n) is 1.06. The highest BCUT2D eigenvalue weighted by Gasteiger charge is 2.29. The Hall–Kier alpha value is -1.50. The number of anilines is 1. The van der Waals surface area contributed by atoms with Crippen molar-refractivity contribution in [2.75, 3.05) is 11.3 Å². The van der Waals surface area contributed by atoms with Crippen LogP contribution in [0.2, 0.25) is 5.02 Å². The van der Waals surface area contributed by atoms with Gasteiger partial charge in [0.1, 0.15) is 12.6 Å². The van der Waals surface area contributed by atoms with Crippen molar-refractivity contribution in [3.8, 4) is 6.07 Å². The van der Waals surface area contributed by atoms with Crippen LogP contribution in [0, 0.1) is 11.3 Å². The van der Waals surface area contributed by atoms with Gasteiger partial charge in [-0.2, -0.15) is 31.6 Å². The van der Waals surface area contributed by atoms with E-state index in [0.717, 1.165) is 6.07 Å². The van der Waals surface area contributed by atoms with E-state index in [9.17, 15) is 21.6 Å². The average Bonchev–Trinajstić information content (AvgIpc) is 2.26. The first-order valence-electron chi connectivity index (χ1n) is 4.67. The molecule has 0 amide bonds. The standard InChI is InChI=1S/C9H7ClF3N3O2S/c10-7-2-1-6(4-14)8(3-7)16-19(17,18)15-5-9(11,12)13/h1-3,15-16H,5H2. The van der Waals surface area contributed by atoms with Gasteiger partial charge in [-0.1, -0.05) is 11.6 Å². The van der Waals surface area contributed by atoms with Gasteiger partial charge in [0.25, 0.3) is 10.2 Å². The Balaban J connectivity index is 2.90. The summed E-state index contributed by atoms with van der Waals surface area (Å²) in [4.78, 5) is 0. The molecule has 2 N–H and O–H groups in total. The number of hydrogen-bond donors (Lipinski definition) is 2. The summed E-state index contributed by atoms with van der Waals surface area (Å²) in [5.74, 6) is 0. The molecule has 0 saturated heterocycles. The van der Waals surface area contributed by atoms with E-state index >= 15 is 0 Å². The third-order valence-corrected chi connectivity index (χ3v) is 3.06. The summed E-state index contributed by atoms with van der Waals surface area (Å²) in [6, 6.07) is 5.39. The molecule has 5 nitrogen and oxygen atoms in total. The molecule has 0 bridgehead atoms. The predicted octanol–water partition coefficient (Wildman–Crippen LogP) is 2.02. The monoisotopic (exact) mass is 313 g/mol. The maximum absolute atomic E-state index is 11.9. The zero-order valence-electron chi connectivity index (χ0n) is 9.12. The summed E-state index contributed by atoms with van der Waals surface area (Å²) in [5, 5.41) is 8.87. The van der Waals surface area contributed by atoms with Crippen LogP contribution in [0.4, 0.5) is 18.9 Å². The molecule has 10 heteroatoms. The minimum Gasteiger partial charge on any atom is -0.270 e. The number of nitrogens with zero attached hydrogens (tertiary/aromatic N) is 1. The van der Waals surface area contributed by atoms with Crippen molar-refractivity contribution in [2.45, 2.75) is 6.18 Å². The van der Waals surface area contributed by atoms with Gasteiger partial charge in [-0.25, -0.2) is 0 Å². The van der Waals surface area contributed by atoms with Crippen molar-refractivity contribution in [1.29, 1.82) is 5.26 Å². The Bertz CT molecular complexity index is 610. The van der Waals surface area contributed by atoms with Crippen LogP contribution in [-0.4, -0.2) is 21.1 Å². The summed E-state index contributed by atoms with van der Waals surface area (Å²) < 4.78 is 61.5. The van der Waals surface area contributed by atoms with Crippen molar-refractivity contribution < 1.29 is 21.6 Å². The molecular weight excluding hydrogens is 307 g/mol. The smallest absolute Gasteiger partial charge is 0.270 e. The van der Waals surface area contributed by atoms with Gasteiger partial charge in [-0.3, -0.25) is 4.72 Å². The third-order valence-electron chi connectivity index (χ3n) is 1.81. The normalized spacial score (nSPS) is 11.9. The number of nitrogens with one attached hydrogen (secondary N) is 2. The van der Waals surface area contributed by atoms with Gasteiger partial charge in [-0.05, 0) is 18.2 Å². The minimum absolute atomic E-state index is 0.0678. The summed E-state index contributed by atoms with van der Waals surface area (Å²) in [7, 11) is -4.45. The van der Waals surface area contributed by atoms with Crippen molar-refractivity contribution in [3.63, 3.8) is 0 Å².